The third-order valence-electron chi connectivity index (χ3n) is 4.46. The maximum Gasteiger partial charge on any atom is 0.229 e. The zero-order valence-corrected chi connectivity index (χ0v) is 17.5. The van der Waals surface area contributed by atoms with Crippen molar-refractivity contribution in [1.82, 2.24) is 9.78 Å². The minimum absolute atomic E-state index is 0.149. The molecule has 0 unspecified atom stereocenters. The Morgan fingerprint density at radius 3 is 2.20 bits per heavy atom. The number of anilines is 2. The molecule has 3 aromatic rings. The van der Waals surface area contributed by atoms with Crippen molar-refractivity contribution in [2.45, 2.75) is 39.5 Å². The molecule has 6 nitrogen and oxygen atoms in total. The molecule has 2 aromatic carbocycles. The molecule has 2 N–H and O–H groups in total. The minimum atomic E-state index is -0.338. The molecule has 1 aromatic heterocycles. The van der Waals surface area contributed by atoms with Gasteiger partial charge in [-0.2, -0.15) is 5.10 Å². The van der Waals surface area contributed by atoms with Crippen LogP contribution in [0.5, 0.6) is 0 Å². The van der Waals surface area contributed by atoms with Crippen LogP contribution in [0, 0.1) is 5.82 Å². The molecule has 156 valence electrons. The largest absolute Gasteiger partial charge is 0.326 e. The lowest BCUT2D eigenvalue weighted by Crippen LogP contribution is -2.17. The van der Waals surface area contributed by atoms with E-state index in [9.17, 15) is 14.0 Å². The van der Waals surface area contributed by atoms with Gasteiger partial charge < -0.3 is 10.6 Å². The number of amides is 2. The van der Waals surface area contributed by atoms with Crippen molar-refractivity contribution >= 4 is 23.3 Å². The molecular weight excluding hydrogens is 383 g/mol. The Labute approximate surface area is 175 Å². The van der Waals surface area contributed by atoms with Crippen molar-refractivity contribution < 1.29 is 14.0 Å². The molecule has 0 bridgehead atoms. The lowest BCUT2D eigenvalue weighted by atomic mass is 9.92. The molecule has 0 saturated heterocycles. The molecule has 2 amide bonds. The number of benzene rings is 2. The first kappa shape index (κ1) is 21.2. The van der Waals surface area contributed by atoms with Crippen molar-refractivity contribution in [1.29, 1.82) is 0 Å². The monoisotopic (exact) mass is 408 g/mol. The Bertz CT molecular complexity index is 1050. The number of carbonyl (C=O) groups excluding carboxylic acids is 2. The molecule has 0 fully saturated rings. The van der Waals surface area contributed by atoms with Crippen LogP contribution in [0.25, 0.3) is 5.69 Å². The molecule has 0 spiro atoms. The summed E-state index contributed by atoms with van der Waals surface area (Å²) in [6, 6.07) is 14.9. The second-order valence-corrected chi connectivity index (χ2v) is 8.16. The lowest BCUT2D eigenvalue weighted by molar-refractivity contribution is -0.116. The summed E-state index contributed by atoms with van der Waals surface area (Å²) >= 11 is 0. The SMILES string of the molecule is CC(=O)Nc1ccc(CC(=O)Nc2cc(C(C)(C)C)nn2-c2ccc(F)cc2)cc1. The van der Waals surface area contributed by atoms with Gasteiger partial charge in [0.2, 0.25) is 11.8 Å². The number of hydrogen-bond donors (Lipinski definition) is 2. The van der Waals surface area contributed by atoms with Gasteiger partial charge in [-0.1, -0.05) is 32.9 Å². The Kier molecular flexibility index (Phi) is 6.01. The first-order chi connectivity index (χ1) is 14.1. The quantitative estimate of drug-likeness (QED) is 0.655. The molecule has 0 saturated carbocycles. The van der Waals surface area contributed by atoms with E-state index >= 15 is 0 Å². The molecule has 0 atom stereocenters. The summed E-state index contributed by atoms with van der Waals surface area (Å²) in [6.07, 6.45) is 0.166. The zero-order valence-electron chi connectivity index (χ0n) is 17.5. The fourth-order valence-corrected chi connectivity index (χ4v) is 2.90. The highest BCUT2D eigenvalue weighted by Gasteiger charge is 2.21. The molecule has 30 heavy (non-hydrogen) atoms. The van der Waals surface area contributed by atoms with Gasteiger partial charge in [-0.05, 0) is 42.0 Å². The summed E-state index contributed by atoms with van der Waals surface area (Å²) in [6.45, 7) is 7.54. The number of hydrogen-bond acceptors (Lipinski definition) is 3. The van der Waals surface area contributed by atoms with Crippen molar-refractivity contribution in [2.24, 2.45) is 0 Å². The second-order valence-electron chi connectivity index (χ2n) is 8.16. The topological polar surface area (TPSA) is 76.0 Å². The van der Waals surface area contributed by atoms with Gasteiger partial charge in [0.25, 0.3) is 0 Å². The average Bonchev–Trinajstić information content (AvgIpc) is 3.07. The van der Waals surface area contributed by atoms with Crippen LogP contribution in [-0.4, -0.2) is 21.6 Å². The third kappa shape index (κ3) is 5.31. The fraction of sp³-hybridized carbons (Fsp3) is 0.261. The Hall–Kier alpha value is -3.48. The van der Waals surface area contributed by atoms with Gasteiger partial charge in [0.05, 0.1) is 17.8 Å². The van der Waals surface area contributed by atoms with Crippen LogP contribution in [0.2, 0.25) is 0 Å². The summed E-state index contributed by atoms with van der Waals surface area (Å²) in [5, 5.41) is 10.2. The van der Waals surface area contributed by atoms with Crippen LogP contribution in [0.3, 0.4) is 0 Å². The van der Waals surface area contributed by atoms with Gasteiger partial charge in [-0.25, -0.2) is 9.07 Å². The van der Waals surface area contributed by atoms with E-state index < -0.39 is 0 Å². The molecule has 0 aliphatic heterocycles. The zero-order chi connectivity index (χ0) is 21.9. The molecule has 0 aliphatic rings. The lowest BCUT2D eigenvalue weighted by Gasteiger charge is -2.14. The third-order valence-corrected chi connectivity index (χ3v) is 4.46. The van der Waals surface area contributed by atoms with Crippen LogP contribution in [0.4, 0.5) is 15.9 Å². The van der Waals surface area contributed by atoms with Gasteiger partial charge >= 0.3 is 0 Å². The van der Waals surface area contributed by atoms with Crippen molar-refractivity contribution in [3.8, 4) is 5.69 Å². The van der Waals surface area contributed by atoms with E-state index in [0.29, 0.717) is 17.2 Å². The van der Waals surface area contributed by atoms with Gasteiger partial charge in [0, 0.05) is 24.1 Å². The second kappa shape index (κ2) is 8.49. The molecule has 0 aliphatic carbocycles. The van der Waals surface area contributed by atoms with Crippen LogP contribution >= 0.6 is 0 Å². The van der Waals surface area contributed by atoms with E-state index in [2.05, 4.69) is 15.7 Å². The van der Waals surface area contributed by atoms with Gasteiger partial charge in [-0.15, -0.1) is 0 Å². The summed E-state index contributed by atoms with van der Waals surface area (Å²) in [4.78, 5) is 23.8. The van der Waals surface area contributed by atoms with Gasteiger partial charge in [0.15, 0.2) is 0 Å². The highest BCUT2D eigenvalue weighted by Crippen LogP contribution is 2.26. The van der Waals surface area contributed by atoms with E-state index in [1.54, 1.807) is 41.1 Å². The van der Waals surface area contributed by atoms with Crippen molar-refractivity contribution in [3.05, 3.63) is 71.7 Å². The first-order valence-electron chi connectivity index (χ1n) is 9.65. The van der Waals surface area contributed by atoms with E-state index in [0.717, 1.165) is 11.3 Å². The number of halogens is 1. The minimum Gasteiger partial charge on any atom is -0.326 e. The predicted molar refractivity (Wildman–Crippen MR) is 115 cm³/mol. The molecular formula is C23H25FN4O2. The van der Waals surface area contributed by atoms with Crippen LogP contribution in [0.1, 0.15) is 39.0 Å². The van der Waals surface area contributed by atoms with Crippen LogP contribution in [-0.2, 0) is 21.4 Å². The fourth-order valence-electron chi connectivity index (χ4n) is 2.90. The molecule has 1 heterocycles. The summed E-state index contributed by atoms with van der Waals surface area (Å²) in [5.41, 5.74) is 2.73. The van der Waals surface area contributed by atoms with E-state index in [-0.39, 0.29) is 29.5 Å². The number of nitrogens with zero attached hydrogens (tertiary/aromatic N) is 2. The normalized spacial score (nSPS) is 11.2. The Balaban J connectivity index is 1.80. The number of aromatic nitrogens is 2. The van der Waals surface area contributed by atoms with Crippen molar-refractivity contribution in [2.75, 3.05) is 10.6 Å². The molecule has 3 rings (SSSR count). The maximum atomic E-state index is 13.3. The summed E-state index contributed by atoms with van der Waals surface area (Å²) in [5.74, 6) is -0.170. The number of rotatable bonds is 5. The predicted octanol–water partition coefficient (Wildman–Crippen LogP) is 4.45. The highest BCUT2D eigenvalue weighted by atomic mass is 19.1. The Morgan fingerprint density at radius 2 is 1.63 bits per heavy atom. The van der Waals surface area contributed by atoms with Gasteiger partial charge in [0.1, 0.15) is 11.6 Å². The maximum absolute atomic E-state index is 13.3. The first-order valence-corrected chi connectivity index (χ1v) is 9.65. The van der Waals surface area contributed by atoms with E-state index in [1.807, 2.05) is 26.8 Å². The Morgan fingerprint density at radius 1 is 1.00 bits per heavy atom. The molecule has 0 radical (unpaired) electrons. The standard InChI is InChI=1S/C23H25FN4O2/c1-15(29)25-18-9-5-16(6-10-18)13-22(30)26-21-14-20(23(2,3)4)27-28(21)19-11-7-17(24)8-12-19/h5-12,14H,13H2,1-4H3,(H,25,29)(H,26,30). The summed E-state index contributed by atoms with van der Waals surface area (Å²) < 4.78 is 14.9. The average molecular weight is 408 g/mol. The van der Waals surface area contributed by atoms with E-state index in [1.165, 1.54) is 19.1 Å². The van der Waals surface area contributed by atoms with E-state index in [4.69, 9.17) is 0 Å². The smallest absolute Gasteiger partial charge is 0.229 e. The number of carbonyl (C=O) groups is 2. The highest BCUT2D eigenvalue weighted by molar-refractivity contribution is 5.92. The van der Waals surface area contributed by atoms with Crippen molar-refractivity contribution in [3.63, 3.8) is 0 Å². The van der Waals surface area contributed by atoms with Crippen LogP contribution in [0.15, 0.2) is 54.6 Å². The van der Waals surface area contributed by atoms with Gasteiger partial charge in [-0.3, -0.25) is 9.59 Å². The van der Waals surface area contributed by atoms with Crippen LogP contribution < -0.4 is 10.6 Å². The number of nitrogens with one attached hydrogen (secondary N) is 2. The summed E-state index contributed by atoms with van der Waals surface area (Å²) in [7, 11) is 0. The molecule has 7 heteroatoms.